The summed E-state index contributed by atoms with van der Waals surface area (Å²) in [5, 5.41) is 0. The van der Waals surface area contributed by atoms with Crippen LogP contribution in [0, 0.1) is 11.8 Å². The smallest absolute Gasteiger partial charge is 0.426 e. The molecule has 4 unspecified atom stereocenters. The van der Waals surface area contributed by atoms with Crippen molar-refractivity contribution in [3.05, 3.63) is 12.2 Å². The highest BCUT2D eigenvalue weighted by atomic mass is 16.8. The molecule has 1 aliphatic heterocycles. The van der Waals surface area contributed by atoms with Crippen LogP contribution in [0.5, 0.6) is 0 Å². The van der Waals surface area contributed by atoms with E-state index in [9.17, 15) is 4.79 Å². The van der Waals surface area contributed by atoms with E-state index in [-0.39, 0.29) is 12.2 Å². The van der Waals surface area contributed by atoms with Crippen LogP contribution in [-0.4, -0.2) is 18.4 Å². The number of carbonyl (C=O) groups excluding carboxylic acids is 1. The van der Waals surface area contributed by atoms with Crippen LogP contribution in [0.4, 0.5) is 4.79 Å². The minimum Gasteiger partial charge on any atom is -0.426 e. The molecule has 1 heterocycles. The molecule has 4 aliphatic rings. The Morgan fingerprint density at radius 2 is 1.58 bits per heavy atom. The topological polar surface area (TPSA) is 35.5 Å². The fraction of sp³-hybridized carbons (Fsp3) is 0.667. The van der Waals surface area contributed by atoms with Gasteiger partial charge in [0.15, 0.2) is 0 Å². The van der Waals surface area contributed by atoms with Crippen molar-refractivity contribution in [3.63, 3.8) is 0 Å². The average Bonchev–Trinajstić information content (AvgIpc) is 2.49. The second-order valence-corrected chi connectivity index (χ2v) is 3.70. The van der Waals surface area contributed by atoms with Gasteiger partial charge in [-0.25, -0.2) is 4.79 Å². The van der Waals surface area contributed by atoms with Crippen molar-refractivity contribution in [1.29, 1.82) is 0 Å². The third kappa shape index (κ3) is 0.687. The second kappa shape index (κ2) is 2.03. The highest BCUT2D eigenvalue weighted by Gasteiger charge is 2.49. The molecule has 0 aromatic rings. The number of hydrogen-bond acceptors (Lipinski definition) is 3. The molecular formula is C9H10O3. The predicted molar refractivity (Wildman–Crippen MR) is 40.5 cm³/mol. The first kappa shape index (κ1) is 6.52. The Balaban J connectivity index is 1.97. The Hall–Kier alpha value is -0.990. The number of carbonyl (C=O) groups is 1. The number of rotatable bonds is 0. The highest BCUT2D eigenvalue weighted by Crippen LogP contribution is 2.42. The first-order chi connectivity index (χ1) is 5.84. The maximum atomic E-state index is 10.9. The van der Waals surface area contributed by atoms with Crippen LogP contribution in [0.25, 0.3) is 0 Å². The van der Waals surface area contributed by atoms with Gasteiger partial charge in [-0.05, 0) is 12.8 Å². The van der Waals surface area contributed by atoms with E-state index in [1.54, 1.807) is 0 Å². The molecule has 1 saturated heterocycles. The molecule has 0 aromatic heterocycles. The normalized spacial score (nSPS) is 48.5. The first-order valence-electron chi connectivity index (χ1n) is 4.40. The van der Waals surface area contributed by atoms with Crippen molar-refractivity contribution in [2.24, 2.45) is 11.8 Å². The van der Waals surface area contributed by atoms with E-state index < -0.39 is 6.16 Å². The molecule has 3 nitrogen and oxygen atoms in total. The molecule has 4 atom stereocenters. The van der Waals surface area contributed by atoms with Crippen LogP contribution in [0.2, 0.25) is 0 Å². The maximum absolute atomic E-state index is 10.9. The van der Waals surface area contributed by atoms with E-state index in [4.69, 9.17) is 9.47 Å². The van der Waals surface area contributed by atoms with Crippen LogP contribution in [-0.2, 0) is 9.47 Å². The molecule has 0 spiro atoms. The zero-order valence-electron chi connectivity index (χ0n) is 6.60. The van der Waals surface area contributed by atoms with Crippen molar-refractivity contribution in [1.82, 2.24) is 0 Å². The lowest BCUT2D eigenvalue weighted by Crippen LogP contribution is -2.42. The molecule has 2 fully saturated rings. The number of fused-ring (bicyclic) bond motifs is 1. The Bertz CT molecular complexity index is 234. The molecule has 64 valence electrons. The number of hydrogen-bond donors (Lipinski definition) is 0. The van der Waals surface area contributed by atoms with Crippen molar-refractivity contribution in [2.45, 2.75) is 25.0 Å². The van der Waals surface area contributed by atoms with Gasteiger partial charge in [-0.1, -0.05) is 12.2 Å². The van der Waals surface area contributed by atoms with Gasteiger partial charge >= 0.3 is 6.16 Å². The molecule has 1 saturated carbocycles. The zero-order chi connectivity index (χ0) is 8.13. The maximum Gasteiger partial charge on any atom is 0.509 e. The second-order valence-electron chi connectivity index (χ2n) is 3.70. The largest absolute Gasteiger partial charge is 0.509 e. The summed E-state index contributed by atoms with van der Waals surface area (Å²) in [4.78, 5) is 10.9. The quantitative estimate of drug-likeness (QED) is 0.404. The molecule has 3 heteroatoms. The molecule has 4 rings (SSSR count). The average molecular weight is 166 g/mol. The van der Waals surface area contributed by atoms with Crippen LogP contribution in [0.15, 0.2) is 12.2 Å². The van der Waals surface area contributed by atoms with Crippen molar-refractivity contribution in [2.75, 3.05) is 0 Å². The van der Waals surface area contributed by atoms with Gasteiger partial charge in [0.1, 0.15) is 12.2 Å². The van der Waals surface area contributed by atoms with E-state index in [2.05, 4.69) is 12.2 Å². The summed E-state index contributed by atoms with van der Waals surface area (Å²) >= 11 is 0. The van der Waals surface area contributed by atoms with Gasteiger partial charge in [-0.15, -0.1) is 0 Å². The van der Waals surface area contributed by atoms with Crippen molar-refractivity contribution in [3.8, 4) is 0 Å². The molecule has 0 amide bonds. The van der Waals surface area contributed by atoms with E-state index in [1.807, 2.05) is 0 Å². The minimum absolute atomic E-state index is 0.0150. The predicted octanol–water partition coefficient (Wildman–Crippen LogP) is 1.49. The lowest BCUT2D eigenvalue weighted by molar-refractivity contribution is 0.0383. The fourth-order valence-corrected chi connectivity index (χ4v) is 2.46. The number of ether oxygens (including phenoxy) is 2. The highest BCUT2D eigenvalue weighted by molar-refractivity contribution is 5.63. The summed E-state index contributed by atoms with van der Waals surface area (Å²) in [6.45, 7) is 0. The Morgan fingerprint density at radius 1 is 1.08 bits per heavy atom. The summed E-state index contributed by atoms with van der Waals surface area (Å²) in [6.07, 6.45) is 6.15. The summed E-state index contributed by atoms with van der Waals surface area (Å²) in [5.74, 6) is 0.817. The summed E-state index contributed by atoms with van der Waals surface area (Å²) in [5.41, 5.74) is 0. The van der Waals surface area contributed by atoms with Gasteiger partial charge in [-0.3, -0.25) is 0 Å². The first-order valence-corrected chi connectivity index (χ1v) is 4.40. The summed E-state index contributed by atoms with van der Waals surface area (Å²) in [6, 6.07) is 0. The van der Waals surface area contributed by atoms with Gasteiger partial charge in [0.25, 0.3) is 0 Å². The van der Waals surface area contributed by atoms with E-state index >= 15 is 0 Å². The Morgan fingerprint density at radius 3 is 2.00 bits per heavy atom. The van der Waals surface area contributed by atoms with Crippen molar-refractivity contribution >= 4 is 6.16 Å². The van der Waals surface area contributed by atoms with Gasteiger partial charge < -0.3 is 9.47 Å². The van der Waals surface area contributed by atoms with E-state index in [1.165, 1.54) is 0 Å². The van der Waals surface area contributed by atoms with Crippen LogP contribution >= 0.6 is 0 Å². The monoisotopic (exact) mass is 166 g/mol. The third-order valence-electron chi connectivity index (χ3n) is 3.07. The van der Waals surface area contributed by atoms with Gasteiger partial charge in [0.2, 0.25) is 0 Å². The third-order valence-corrected chi connectivity index (χ3v) is 3.07. The van der Waals surface area contributed by atoms with E-state index in [0.29, 0.717) is 11.8 Å². The lowest BCUT2D eigenvalue weighted by atomic mass is 9.72. The standard InChI is InChI=1S/C9H10O3/c10-9-11-7-5-1-2-6(4-3-5)8(7)12-9/h1-2,5-8H,3-4H2. The molecule has 0 N–H and O–H groups in total. The molecule has 12 heavy (non-hydrogen) atoms. The Kier molecular flexibility index (Phi) is 1.10. The van der Waals surface area contributed by atoms with Crippen molar-refractivity contribution < 1.29 is 14.3 Å². The van der Waals surface area contributed by atoms with Gasteiger partial charge in [-0.2, -0.15) is 0 Å². The molecular weight excluding hydrogens is 156 g/mol. The lowest BCUT2D eigenvalue weighted by Gasteiger charge is -2.37. The van der Waals surface area contributed by atoms with E-state index in [0.717, 1.165) is 12.8 Å². The van der Waals surface area contributed by atoms with Crippen LogP contribution < -0.4 is 0 Å². The molecule has 3 aliphatic carbocycles. The fourth-order valence-electron chi connectivity index (χ4n) is 2.46. The summed E-state index contributed by atoms with van der Waals surface area (Å²) in [7, 11) is 0. The van der Waals surface area contributed by atoms with Crippen LogP contribution in [0.3, 0.4) is 0 Å². The molecule has 0 aromatic carbocycles. The minimum atomic E-state index is -0.481. The molecule has 2 bridgehead atoms. The SMILES string of the molecule is O=C1OC2C3C=CC(CC3)C2O1. The zero-order valence-corrected chi connectivity index (χ0v) is 6.60. The van der Waals surface area contributed by atoms with Gasteiger partial charge in [0, 0.05) is 11.8 Å². The van der Waals surface area contributed by atoms with Crippen LogP contribution in [0.1, 0.15) is 12.8 Å². The Labute approximate surface area is 70.3 Å². The van der Waals surface area contributed by atoms with Gasteiger partial charge in [0.05, 0.1) is 0 Å². The summed E-state index contributed by atoms with van der Waals surface area (Å²) < 4.78 is 10.2. The molecule has 0 radical (unpaired) electrons.